The van der Waals surface area contributed by atoms with E-state index in [9.17, 15) is 0 Å². The summed E-state index contributed by atoms with van der Waals surface area (Å²) in [6, 6.07) is 40.4. The molecule has 0 atom stereocenters. The molecule has 0 heterocycles. The van der Waals surface area contributed by atoms with Gasteiger partial charge in [-0.15, -0.1) is 0 Å². The van der Waals surface area contributed by atoms with Gasteiger partial charge in [0.2, 0.25) is 0 Å². The van der Waals surface area contributed by atoms with Crippen LogP contribution in [0.25, 0.3) is 21.9 Å². The third-order valence-corrected chi connectivity index (χ3v) is 6.71. The normalized spacial score (nSPS) is 10.9. The van der Waals surface area contributed by atoms with Crippen molar-refractivity contribution in [3.05, 3.63) is 124 Å². The van der Waals surface area contributed by atoms with Crippen LogP contribution in [0.1, 0.15) is 0 Å². The molecule has 1 nitrogen and oxygen atoms in total. The van der Waals surface area contributed by atoms with E-state index < -0.39 is 0 Å². The Hall–Kier alpha value is -2.88. The van der Waals surface area contributed by atoms with E-state index in [4.69, 9.17) is 0 Å². The lowest BCUT2D eigenvalue weighted by molar-refractivity contribution is 1.29. The summed E-state index contributed by atoms with van der Waals surface area (Å²) in [5, 5.41) is 2.40. The Morgan fingerprint density at radius 3 is 1.68 bits per heavy atom. The number of hydrogen-bond acceptors (Lipinski definition) is 1. The molecule has 0 saturated carbocycles. The van der Waals surface area contributed by atoms with E-state index in [1.54, 1.807) is 0 Å². The van der Waals surface area contributed by atoms with Gasteiger partial charge in [0, 0.05) is 26.0 Å². The predicted octanol–water partition coefficient (Wildman–Crippen LogP) is 9.50. The zero-order valence-corrected chi connectivity index (χ0v) is 19.8. The third-order valence-electron chi connectivity index (χ3n) is 5.36. The molecule has 0 aliphatic heterocycles. The first kappa shape index (κ1) is 20.0. The number of fused-ring (bicyclic) bond motifs is 1. The van der Waals surface area contributed by atoms with Gasteiger partial charge in [-0.3, -0.25) is 0 Å². The average molecular weight is 529 g/mol. The zero-order chi connectivity index (χ0) is 21.2. The van der Waals surface area contributed by atoms with Crippen LogP contribution in [-0.4, -0.2) is 0 Å². The van der Waals surface area contributed by atoms with Gasteiger partial charge < -0.3 is 4.90 Å². The number of hydrogen-bond donors (Lipinski definition) is 0. The quantitative estimate of drug-likeness (QED) is 0.224. The number of halogens is 2. The van der Waals surface area contributed by atoms with Crippen molar-refractivity contribution in [2.24, 2.45) is 0 Å². The minimum atomic E-state index is 1.08. The molecule has 5 aromatic rings. The molecule has 0 fully saturated rings. The van der Waals surface area contributed by atoms with Crippen molar-refractivity contribution < 1.29 is 0 Å². The van der Waals surface area contributed by atoms with Gasteiger partial charge in [0.15, 0.2) is 0 Å². The second kappa shape index (κ2) is 8.70. The lowest BCUT2D eigenvalue weighted by Gasteiger charge is -2.25. The topological polar surface area (TPSA) is 3.24 Å². The highest BCUT2D eigenvalue weighted by Crippen LogP contribution is 2.39. The van der Waals surface area contributed by atoms with E-state index in [1.165, 1.54) is 21.9 Å². The van der Waals surface area contributed by atoms with E-state index in [0.717, 1.165) is 26.0 Å². The van der Waals surface area contributed by atoms with Crippen molar-refractivity contribution in [1.82, 2.24) is 0 Å². The second-order valence-corrected chi connectivity index (χ2v) is 9.06. The Kier molecular flexibility index (Phi) is 5.63. The first-order chi connectivity index (χ1) is 15.2. The Morgan fingerprint density at radius 2 is 1.03 bits per heavy atom. The number of anilines is 3. The fourth-order valence-corrected chi connectivity index (χ4v) is 4.96. The molecule has 5 rings (SSSR count). The number of rotatable bonds is 4. The molecule has 0 spiro atoms. The lowest BCUT2D eigenvalue weighted by Crippen LogP contribution is -2.09. The number of nitrogens with zero attached hydrogens (tertiary/aromatic N) is 1. The zero-order valence-electron chi connectivity index (χ0n) is 16.7. The van der Waals surface area contributed by atoms with Crippen LogP contribution in [0.4, 0.5) is 17.1 Å². The molecule has 0 amide bonds. The van der Waals surface area contributed by atoms with Gasteiger partial charge >= 0.3 is 0 Å². The smallest absolute Gasteiger partial charge is 0.0468 e. The summed E-state index contributed by atoms with van der Waals surface area (Å²) in [6.07, 6.45) is 0. The summed E-state index contributed by atoms with van der Waals surface area (Å²) in [4.78, 5) is 2.29. The van der Waals surface area contributed by atoms with Gasteiger partial charge in [-0.25, -0.2) is 0 Å². The monoisotopic (exact) mass is 527 g/mol. The standard InChI is InChI=1S/C28H19Br2N/c29-27-14-8-7-13-25(27)26-18-20-15-16-24(17-21(20)19-28(26)30)31(22-9-3-1-4-10-22)23-11-5-2-6-12-23/h1-19H. The molecule has 0 aliphatic carbocycles. The molecule has 5 aromatic carbocycles. The largest absolute Gasteiger partial charge is 0.310 e. The predicted molar refractivity (Wildman–Crippen MR) is 139 cm³/mol. The van der Waals surface area contributed by atoms with Crippen LogP contribution in [0.3, 0.4) is 0 Å². The van der Waals surface area contributed by atoms with E-state index >= 15 is 0 Å². The Bertz CT molecular complexity index is 1310. The third kappa shape index (κ3) is 4.04. The first-order valence-corrected chi connectivity index (χ1v) is 11.7. The van der Waals surface area contributed by atoms with Gasteiger partial charge in [-0.1, -0.05) is 92.5 Å². The molecule has 3 heteroatoms. The summed E-state index contributed by atoms with van der Waals surface area (Å²) in [5.41, 5.74) is 5.76. The summed E-state index contributed by atoms with van der Waals surface area (Å²) >= 11 is 7.49. The van der Waals surface area contributed by atoms with Crippen LogP contribution >= 0.6 is 31.9 Å². The summed E-state index contributed by atoms with van der Waals surface area (Å²) in [6.45, 7) is 0. The Morgan fingerprint density at radius 1 is 0.419 bits per heavy atom. The van der Waals surface area contributed by atoms with E-state index in [1.807, 2.05) is 18.2 Å². The van der Waals surface area contributed by atoms with Crippen LogP contribution in [0, 0.1) is 0 Å². The number of para-hydroxylation sites is 2. The SMILES string of the molecule is Brc1ccccc1-c1cc2ccc(N(c3ccccc3)c3ccccc3)cc2cc1Br. The second-order valence-electron chi connectivity index (χ2n) is 7.35. The minimum absolute atomic E-state index is 1.08. The van der Waals surface area contributed by atoms with E-state index in [2.05, 4.69) is 134 Å². The maximum atomic E-state index is 3.81. The molecule has 0 radical (unpaired) electrons. The van der Waals surface area contributed by atoms with Crippen molar-refractivity contribution in [2.75, 3.05) is 4.90 Å². The van der Waals surface area contributed by atoms with Crippen LogP contribution in [0.15, 0.2) is 124 Å². The fraction of sp³-hybridized carbons (Fsp3) is 0. The van der Waals surface area contributed by atoms with Gasteiger partial charge in [-0.2, -0.15) is 0 Å². The van der Waals surface area contributed by atoms with Gasteiger partial charge in [0.25, 0.3) is 0 Å². The first-order valence-electron chi connectivity index (χ1n) is 10.1. The highest BCUT2D eigenvalue weighted by atomic mass is 79.9. The highest BCUT2D eigenvalue weighted by Gasteiger charge is 2.14. The van der Waals surface area contributed by atoms with Crippen molar-refractivity contribution in [2.45, 2.75) is 0 Å². The van der Waals surface area contributed by atoms with Gasteiger partial charge in [0.1, 0.15) is 0 Å². The molecule has 0 aliphatic rings. The number of benzene rings is 5. The van der Waals surface area contributed by atoms with Gasteiger partial charge in [0.05, 0.1) is 0 Å². The molecule has 0 N–H and O–H groups in total. The van der Waals surface area contributed by atoms with Crippen LogP contribution < -0.4 is 4.90 Å². The van der Waals surface area contributed by atoms with E-state index in [-0.39, 0.29) is 0 Å². The maximum absolute atomic E-state index is 3.81. The fourth-order valence-electron chi connectivity index (χ4n) is 3.88. The van der Waals surface area contributed by atoms with Crippen LogP contribution in [0.2, 0.25) is 0 Å². The molecule has 0 saturated heterocycles. The molecule has 0 aromatic heterocycles. The maximum Gasteiger partial charge on any atom is 0.0468 e. The van der Waals surface area contributed by atoms with Crippen molar-refractivity contribution in [3.63, 3.8) is 0 Å². The molecule has 150 valence electrons. The summed E-state index contributed by atoms with van der Waals surface area (Å²) in [7, 11) is 0. The van der Waals surface area contributed by atoms with Gasteiger partial charge in [-0.05, 0) is 76.5 Å². The Labute approximate surface area is 199 Å². The minimum Gasteiger partial charge on any atom is -0.310 e. The van der Waals surface area contributed by atoms with Crippen molar-refractivity contribution in [1.29, 1.82) is 0 Å². The lowest BCUT2D eigenvalue weighted by atomic mass is 10.0. The average Bonchev–Trinajstić information content (AvgIpc) is 2.81. The van der Waals surface area contributed by atoms with Crippen LogP contribution in [0.5, 0.6) is 0 Å². The summed E-state index contributed by atoms with van der Waals surface area (Å²) < 4.78 is 2.17. The van der Waals surface area contributed by atoms with E-state index in [0.29, 0.717) is 0 Å². The summed E-state index contributed by atoms with van der Waals surface area (Å²) in [5.74, 6) is 0. The Balaban J connectivity index is 1.65. The van der Waals surface area contributed by atoms with Crippen LogP contribution in [-0.2, 0) is 0 Å². The molecule has 0 bridgehead atoms. The molecule has 0 unspecified atom stereocenters. The molecular weight excluding hydrogens is 510 g/mol. The molecular formula is C28H19Br2N. The molecule has 31 heavy (non-hydrogen) atoms. The highest BCUT2D eigenvalue weighted by molar-refractivity contribution is 9.11. The van der Waals surface area contributed by atoms with Crippen molar-refractivity contribution in [3.8, 4) is 11.1 Å². The van der Waals surface area contributed by atoms with Crippen molar-refractivity contribution >= 4 is 59.7 Å².